The van der Waals surface area contributed by atoms with Gasteiger partial charge >= 0.3 is 0 Å². The van der Waals surface area contributed by atoms with E-state index in [1.165, 1.54) is 5.39 Å². The van der Waals surface area contributed by atoms with E-state index >= 15 is 0 Å². The van der Waals surface area contributed by atoms with Crippen LogP contribution in [-0.4, -0.2) is 21.8 Å². The Kier molecular flexibility index (Phi) is 3.31. The molecule has 0 atom stereocenters. The van der Waals surface area contributed by atoms with Gasteiger partial charge in [0.15, 0.2) is 5.82 Å². The minimum Gasteiger partial charge on any atom is -0.314 e. The Hall–Kier alpha value is -1.72. The van der Waals surface area contributed by atoms with Gasteiger partial charge in [0.2, 0.25) is 0 Å². The average Bonchev–Trinajstić information content (AvgIpc) is 2.85. The summed E-state index contributed by atoms with van der Waals surface area (Å²) >= 11 is 3.42. The van der Waals surface area contributed by atoms with Crippen molar-refractivity contribution in [3.05, 3.63) is 52.9 Å². The molecule has 0 aliphatic rings. The summed E-state index contributed by atoms with van der Waals surface area (Å²) in [5.41, 5.74) is 1.00. The number of hydrogen-bond donors (Lipinski definition) is 1. The molecule has 3 rings (SSSR count). The highest BCUT2D eigenvalue weighted by Gasteiger charge is 2.08. The van der Waals surface area contributed by atoms with Crippen molar-refractivity contribution in [1.29, 1.82) is 0 Å². The molecule has 0 saturated heterocycles. The molecule has 0 aliphatic carbocycles. The molecule has 0 aliphatic heterocycles. The molecule has 3 aromatic rings. The SMILES string of the molecule is CNCc1cc2ccccc2c(-n2cc(Br)cn2)n1. The number of pyridine rings is 1. The van der Waals surface area contributed by atoms with Gasteiger partial charge in [0, 0.05) is 18.1 Å². The highest BCUT2D eigenvalue weighted by Crippen LogP contribution is 2.22. The van der Waals surface area contributed by atoms with E-state index in [9.17, 15) is 0 Å². The van der Waals surface area contributed by atoms with Crippen LogP contribution in [0.3, 0.4) is 0 Å². The fraction of sp³-hybridized carbons (Fsp3) is 0.143. The molecule has 19 heavy (non-hydrogen) atoms. The van der Waals surface area contributed by atoms with Crippen molar-refractivity contribution in [2.45, 2.75) is 6.54 Å². The fourth-order valence-corrected chi connectivity index (χ4v) is 2.38. The minimum atomic E-state index is 0.736. The average molecular weight is 317 g/mol. The molecule has 0 fully saturated rings. The summed E-state index contributed by atoms with van der Waals surface area (Å²) in [6.07, 6.45) is 3.68. The van der Waals surface area contributed by atoms with Gasteiger partial charge in [0.1, 0.15) is 0 Å². The minimum absolute atomic E-state index is 0.736. The van der Waals surface area contributed by atoms with Gasteiger partial charge in [-0.3, -0.25) is 0 Å². The molecule has 2 aromatic heterocycles. The van der Waals surface area contributed by atoms with E-state index in [0.29, 0.717) is 0 Å². The summed E-state index contributed by atoms with van der Waals surface area (Å²) < 4.78 is 2.74. The molecule has 4 nitrogen and oxygen atoms in total. The Morgan fingerprint density at radius 3 is 2.89 bits per heavy atom. The lowest BCUT2D eigenvalue weighted by molar-refractivity contribution is 0.775. The van der Waals surface area contributed by atoms with Crippen LogP contribution in [0.1, 0.15) is 5.69 Å². The number of fused-ring (bicyclic) bond motifs is 1. The number of nitrogens with zero attached hydrogens (tertiary/aromatic N) is 3. The number of hydrogen-bond acceptors (Lipinski definition) is 3. The van der Waals surface area contributed by atoms with Crippen molar-refractivity contribution < 1.29 is 0 Å². The van der Waals surface area contributed by atoms with Crippen molar-refractivity contribution in [2.75, 3.05) is 7.05 Å². The van der Waals surface area contributed by atoms with Gasteiger partial charge in [-0.25, -0.2) is 9.67 Å². The summed E-state index contributed by atoms with van der Waals surface area (Å²) in [4.78, 5) is 4.69. The predicted molar refractivity (Wildman–Crippen MR) is 79.3 cm³/mol. The Balaban J connectivity index is 2.25. The summed E-state index contributed by atoms with van der Waals surface area (Å²) in [7, 11) is 1.92. The zero-order valence-corrected chi connectivity index (χ0v) is 12.1. The van der Waals surface area contributed by atoms with Gasteiger partial charge < -0.3 is 5.32 Å². The maximum absolute atomic E-state index is 4.69. The topological polar surface area (TPSA) is 42.7 Å². The van der Waals surface area contributed by atoms with E-state index in [0.717, 1.165) is 27.9 Å². The highest BCUT2D eigenvalue weighted by molar-refractivity contribution is 9.10. The number of halogens is 1. The maximum Gasteiger partial charge on any atom is 0.161 e. The van der Waals surface area contributed by atoms with Gasteiger partial charge in [0.05, 0.1) is 16.4 Å². The predicted octanol–water partition coefficient (Wildman–Crippen LogP) is 2.90. The third-order valence-electron chi connectivity index (χ3n) is 2.90. The first-order chi connectivity index (χ1) is 9.28. The summed E-state index contributed by atoms with van der Waals surface area (Å²) in [5.74, 6) is 0.856. The summed E-state index contributed by atoms with van der Waals surface area (Å²) in [6.45, 7) is 0.736. The molecule has 0 spiro atoms. The molecule has 5 heteroatoms. The summed E-state index contributed by atoms with van der Waals surface area (Å²) in [6, 6.07) is 10.3. The van der Waals surface area contributed by atoms with E-state index < -0.39 is 0 Å². The largest absolute Gasteiger partial charge is 0.314 e. The number of aromatic nitrogens is 3. The van der Waals surface area contributed by atoms with Crippen LogP contribution < -0.4 is 5.32 Å². The van der Waals surface area contributed by atoms with Crippen molar-refractivity contribution in [2.24, 2.45) is 0 Å². The lowest BCUT2D eigenvalue weighted by Crippen LogP contribution is -2.09. The molecule has 0 radical (unpaired) electrons. The van der Waals surface area contributed by atoms with Crippen LogP contribution in [0, 0.1) is 0 Å². The van der Waals surface area contributed by atoms with Crippen molar-refractivity contribution in [1.82, 2.24) is 20.1 Å². The first kappa shape index (κ1) is 12.3. The standard InChI is InChI=1S/C14H13BrN4/c1-16-8-12-6-10-4-2-3-5-13(10)14(18-12)19-9-11(15)7-17-19/h2-7,9,16H,8H2,1H3. The van der Waals surface area contributed by atoms with Crippen LogP contribution in [0.4, 0.5) is 0 Å². The number of benzene rings is 1. The molecule has 0 saturated carbocycles. The van der Waals surface area contributed by atoms with Crippen molar-refractivity contribution >= 4 is 26.7 Å². The van der Waals surface area contributed by atoms with E-state index in [-0.39, 0.29) is 0 Å². The Labute approximate surface area is 119 Å². The van der Waals surface area contributed by atoms with Crippen LogP contribution in [0.2, 0.25) is 0 Å². The van der Waals surface area contributed by atoms with E-state index in [2.05, 4.69) is 44.5 Å². The molecule has 1 N–H and O–H groups in total. The van der Waals surface area contributed by atoms with Crippen molar-refractivity contribution in [3.63, 3.8) is 0 Å². The van der Waals surface area contributed by atoms with Gasteiger partial charge in [0.25, 0.3) is 0 Å². The van der Waals surface area contributed by atoms with E-state index in [1.807, 2.05) is 25.4 Å². The second-order valence-electron chi connectivity index (χ2n) is 4.29. The molecular weight excluding hydrogens is 304 g/mol. The van der Waals surface area contributed by atoms with Crippen LogP contribution in [-0.2, 0) is 6.54 Å². The fourth-order valence-electron chi connectivity index (χ4n) is 2.10. The monoisotopic (exact) mass is 316 g/mol. The molecule has 2 heterocycles. The normalized spacial score (nSPS) is 11.1. The van der Waals surface area contributed by atoms with Crippen LogP contribution >= 0.6 is 15.9 Å². The molecular formula is C14H13BrN4. The zero-order valence-electron chi connectivity index (χ0n) is 10.5. The molecule has 96 valence electrons. The van der Waals surface area contributed by atoms with Crippen LogP contribution in [0.25, 0.3) is 16.6 Å². The third kappa shape index (κ3) is 2.39. The Bertz CT molecular complexity index is 720. The van der Waals surface area contributed by atoms with Crippen LogP contribution in [0.15, 0.2) is 47.2 Å². The van der Waals surface area contributed by atoms with Gasteiger partial charge in [-0.2, -0.15) is 5.10 Å². The smallest absolute Gasteiger partial charge is 0.161 e. The number of rotatable bonds is 3. The highest BCUT2D eigenvalue weighted by atomic mass is 79.9. The molecule has 1 aromatic carbocycles. The van der Waals surface area contributed by atoms with Crippen LogP contribution in [0.5, 0.6) is 0 Å². The first-order valence-corrected chi connectivity index (χ1v) is 6.81. The van der Waals surface area contributed by atoms with Crippen molar-refractivity contribution in [3.8, 4) is 5.82 Å². The third-order valence-corrected chi connectivity index (χ3v) is 3.31. The lowest BCUT2D eigenvalue weighted by atomic mass is 10.1. The second-order valence-corrected chi connectivity index (χ2v) is 5.21. The van der Waals surface area contributed by atoms with E-state index in [4.69, 9.17) is 4.98 Å². The second kappa shape index (κ2) is 5.11. The Morgan fingerprint density at radius 2 is 2.16 bits per heavy atom. The Morgan fingerprint density at radius 1 is 1.32 bits per heavy atom. The number of nitrogens with one attached hydrogen (secondary N) is 1. The molecule has 0 bridgehead atoms. The first-order valence-electron chi connectivity index (χ1n) is 6.02. The van der Waals surface area contributed by atoms with Gasteiger partial charge in [-0.15, -0.1) is 0 Å². The molecule has 0 unspecified atom stereocenters. The maximum atomic E-state index is 4.69. The van der Waals surface area contributed by atoms with E-state index in [1.54, 1.807) is 10.9 Å². The summed E-state index contributed by atoms with van der Waals surface area (Å²) in [5, 5.41) is 9.72. The zero-order chi connectivity index (χ0) is 13.2. The van der Waals surface area contributed by atoms with Gasteiger partial charge in [-0.05, 0) is 34.4 Å². The lowest BCUT2D eigenvalue weighted by Gasteiger charge is -2.09. The molecule has 0 amide bonds. The quantitative estimate of drug-likeness (QED) is 0.808. The van der Waals surface area contributed by atoms with Gasteiger partial charge in [-0.1, -0.05) is 24.3 Å².